The van der Waals surface area contributed by atoms with Crippen LogP contribution in [0.2, 0.25) is 0 Å². The number of hydrogen-bond acceptors (Lipinski definition) is 5. The molecule has 0 atom stereocenters. The van der Waals surface area contributed by atoms with E-state index in [0.29, 0.717) is 16.9 Å². The first kappa shape index (κ1) is 18.1. The van der Waals surface area contributed by atoms with E-state index in [9.17, 15) is 19.7 Å². The zero-order valence-corrected chi connectivity index (χ0v) is 15.1. The minimum atomic E-state index is -0.556. The van der Waals surface area contributed by atoms with E-state index < -0.39 is 16.7 Å². The van der Waals surface area contributed by atoms with Crippen LogP contribution in [0.3, 0.4) is 0 Å². The number of nitro groups is 1. The second kappa shape index (κ2) is 6.91. The molecule has 2 aromatic rings. The molecule has 0 aromatic heterocycles. The highest BCUT2D eigenvalue weighted by atomic mass is 16.6. The van der Waals surface area contributed by atoms with Gasteiger partial charge in [0.05, 0.1) is 10.6 Å². The SMILES string of the molecule is Cc1ccc(N2NC(=O)/C(=C\c3ccc(N(C)C)c([N+](=O)[O-])c3)C2=O)cc1. The Morgan fingerprint density at radius 3 is 2.37 bits per heavy atom. The molecule has 0 bridgehead atoms. The van der Waals surface area contributed by atoms with Crippen molar-refractivity contribution in [2.75, 3.05) is 24.0 Å². The van der Waals surface area contributed by atoms with E-state index in [2.05, 4.69) is 5.43 Å². The Labute approximate surface area is 155 Å². The van der Waals surface area contributed by atoms with Gasteiger partial charge in [0.25, 0.3) is 17.5 Å². The molecular formula is C19H18N4O4. The highest BCUT2D eigenvalue weighted by Crippen LogP contribution is 2.29. The number of nitro benzene ring substituents is 1. The topological polar surface area (TPSA) is 95.8 Å². The van der Waals surface area contributed by atoms with Gasteiger partial charge in [0, 0.05) is 20.2 Å². The summed E-state index contributed by atoms with van der Waals surface area (Å²) in [6.07, 6.45) is 1.36. The van der Waals surface area contributed by atoms with Crippen LogP contribution < -0.4 is 15.3 Å². The van der Waals surface area contributed by atoms with Crippen LogP contribution in [0, 0.1) is 17.0 Å². The van der Waals surface area contributed by atoms with E-state index in [1.54, 1.807) is 43.3 Å². The van der Waals surface area contributed by atoms with Crippen molar-refractivity contribution >= 4 is 35.0 Å². The summed E-state index contributed by atoms with van der Waals surface area (Å²) in [6.45, 7) is 1.92. The molecule has 0 saturated carbocycles. The summed E-state index contributed by atoms with van der Waals surface area (Å²) in [6, 6.07) is 11.7. The van der Waals surface area contributed by atoms with Gasteiger partial charge < -0.3 is 4.90 Å². The maximum atomic E-state index is 12.6. The molecule has 8 heteroatoms. The number of nitrogens with one attached hydrogen (secondary N) is 1. The molecule has 1 fully saturated rings. The predicted molar refractivity (Wildman–Crippen MR) is 102 cm³/mol. The predicted octanol–water partition coefficient (Wildman–Crippen LogP) is 2.43. The molecule has 1 N–H and O–H groups in total. The number of amides is 2. The molecule has 2 amide bonds. The molecule has 8 nitrogen and oxygen atoms in total. The minimum absolute atomic E-state index is 0.0810. The van der Waals surface area contributed by atoms with Crippen LogP contribution in [0.15, 0.2) is 48.0 Å². The quantitative estimate of drug-likeness (QED) is 0.388. The average Bonchev–Trinajstić information content (AvgIpc) is 2.90. The number of carbonyl (C=O) groups is 2. The number of anilines is 2. The summed E-state index contributed by atoms with van der Waals surface area (Å²) in [4.78, 5) is 37.3. The third-order valence-electron chi connectivity index (χ3n) is 4.17. The molecule has 0 unspecified atom stereocenters. The lowest BCUT2D eigenvalue weighted by molar-refractivity contribution is -0.384. The maximum Gasteiger partial charge on any atom is 0.293 e. The van der Waals surface area contributed by atoms with Gasteiger partial charge in [-0.3, -0.25) is 25.1 Å². The molecule has 1 saturated heterocycles. The summed E-state index contributed by atoms with van der Waals surface area (Å²) in [5, 5.41) is 12.5. The summed E-state index contributed by atoms with van der Waals surface area (Å²) in [5.74, 6) is -1.07. The molecule has 27 heavy (non-hydrogen) atoms. The number of benzene rings is 2. The number of hydrogen-bond donors (Lipinski definition) is 1. The van der Waals surface area contributed by atoms with Gasteiger partial charge in [-0.2, -0.15) is 0 Å². The fraction of sp³-hybridized carbons (Fsp3) is 0.158. The number of aryl methyl sites for hydroxylation is 1. The molecule has 138 valence electrons. The van der Waals surface area contributed by atoms with E-state index in [-0.39, 0.29) is 11.3 Å². The first-order valence-electron chi connectivity index (χ1n) is 8.17. The third-order valence-corrected chi connectivity index (χ3v) is 4.17. The van der Waals surface area contributed by atoms with E-state index in [4.69, 9.17) is 0 Å². The van der Waals surface area contributed by atoms with Crippen molar-refractivity contribution < 1.29 is 14.5 Å². The standard InChI is InChI=1S/C19H18N4O4/c1-12-4-7-14(8-5-12)22-19(25)15(18(24)20-22)10-13-6-9-16(21(2)3)17(11-13)23(26)27/h4-11H,1-3H3,(H,20,24)/b15-10+. The molecule has 0 spiro atoms. The van der Waals surface area contributed by atoms with E-state index in [0.717, 1.165) is 10.6 Å². The lowest BCUT2D eigenvalue weighted by atomic mass is 10.1. The fourth-order valence-electron chi connectivity index (χ4n) is 2.75. The van der Waals surface area contributed by atoms with E-state index in [1.807, 2.05) is 19.1 Å². The first-order chi connectivity index (χ1) is 12.8. The van der Waals surface area contributed by atoms with Crippen molar-refractivity contribution in [2.24, 2.45) is 0 Å². The van der Waals surface area contributed by atoms with Crippen molar-refractivity contribution in [3.8, 4) is 0 Å². The lowest BCUT2D eigenvalue weighted by Crippen LogP contribution is -2.35. The first-order valence-corrected chi connectivity index (χ1v) is 8.17. The van der Waals surface area contributed by atoms with Crippen LogP contribution in [0.4, 0.5) is 17.1 Å². The van der Waals surface area contributed by atoms with Crippen molar-refractivity contribution in [3.05, 3.63) is 69.3 Å². The van der Waals surface area contributed by atoms with Crippen LogP contribution >= 0.6 is 0 Å². The summed E-state index contributed by atoms with van der Waals surface area (Å²) in [5.41, 5.74) is 4.73. The average molecular weight is 366 g/mol. The van der Waals surface area contributed by atoms with Gasteiger partial charge in [0.15, 0.2) is 0 Å². The monoisotopic (exact) mass is 366 g/mol. The Hall–Kier alpha value is -3.68. The van der Waals surface area contributed by atoms with Crippen LogP contribution in [-0.4, -0.2) is 30.8 Å². The van der Waals surface area contributed by atoms with Gasteiger partial charge in [0.1, 0.15) is 11.3 Å². The Bertz CT molecular complexity index is 964. The number of hydrazine groups is 1. The molecule has 0 radical (unpaired) electrons. The number of rotatable bonds is 4. The lowest BCUT2D eigenvalue weighted by Gasteiger charge is -2.14. The highest BCUT2D eigenvalue weighted by molar-refractivity contribution is 6.31. The normalized spacial score (nSPS) is 15.2. The Kier molecular flexibility index (Phi) is 4.64. The van der Waals surface area contributed by atoms with Crippen LogP contribution in [0.5, 0.6) is 0 Å². The van der Waals surface area contributed by atoms with Crippen molar-refractivity contribution in [3.63, 3.8) is 0 Å². The van der Waals surface area contributed by atoms with Crippen molar-refractivity contribution in [1.82, 2.24) is 5.43 Å². The van der Waals surface area contributed by atoms with Gasteiger partial charge in [-0.05, 0) is 36.8 Å². The fourth-order valence-corrected chi connectivity index (χ4v) is 2.75. The Balaban J connectivity index is 1.96. The van der Waals surface area contributed by atoms with Gasteiger partial charge in [-0.1, -0.05) is 23.8 Å². The third kappa shape index (κ3) is 3.50. The van der Waals surface area contributed by atoms with Crippen molar-refractivity contribution in [1.29, 1.82) is 0 Å². The summed E-state index contributed by atoms with van der Waals surface area (Å²) < 4.78 is 0. The van der Waals surface area contributed by atoms with Crippen LogP contribution in [-0.2, 0) is 9.59 Å². The molecule has 1 heterocycles. The second-order valence-electron chi connectivity index (χ2n) is 6.37. The maximum absolute atomic E-state index is 12.6. The smallest absolute Gasteiger partial charge is 0.293 e. The Morgan fingerprint density at radius 1 is 1.11 bits per heavy atom. The van der Waals surface area contributed by atoms with Crippen molar-refractivity contribution in [2.45, 2.75) is 6.92 Å². The number of nitrogens with zero attached hydrogens (tertiary/aromatic N) is 3. The van der Waals surface area contributed by atoms with Gasteiger partial charge >= 0.3 is 0 Å². The molecular weight excluding hydrogens is 348 g/mol. The van der Waals surface area contributed by atoms with Gasteiger partial charge in [0.2, 0.25) is 0 Å². The molecule has 1 aliphatic rings. The van der Waals surface area contributed by atoms with Crippen LogP contribution in [0.1, 0.15) is 11.1 Å². The highest BCUT2D eigenvalue weighted by Gasteiger charge is 2.34. The second-order valence-corrected chi connectivity index (χ2v) is 6.37. The zero-order valence-electron chi connectivity index (χ0n) is 15.1. The molecule has 1 aliphatic heterocycles. The molecule has 0 aliphatic carbocycles. The van der Waals surface area contributed by atoms with Gasteiger partial charge in [-0.25, -0.2) is 5.01 Å². The minimum Gasteiger partial charge on any atom is -0.372 e. The zero-order chi connectivity index (χ0) is 19.7. The van der Waals surface area contributed by atoms with Crippen LogP contribution in [0.25, 0.3) is 6.08 Å². The Morgan fingerprint density at radius 2 is 1.78 bits per heavy atom. The van der Waals surface area contributed by atoms with E-state index in [1.165, 1.54) is 12.1 Å². The largest absolute Gasteiger partial charge is 0.372 e. The molecule has 3 rings (SSSR count). The summed E-state index contributed by atoms with van der Waals surface area (Å²) in [7, 11) is 3.40. The van der Waals surface area contributed by atoms with E-state index >= 15 is 0 Å². The molecule has 2 aromatic carbocycles. The van der Waals surface area contributed by atoms with Gasteiger partial charge in [-0.15, -0.1) is 0 Å². The summed E-state index contributed by atoms with van der Waals surface area (Å²) >= 11 is 0. The number of carbonyl (C=O) groups excluding carboxylic acids is 2.